The summed E-state index contributed by atoms with van der Waals surface area (Å²) in [7, 11) is 3.25. The summed E-state index contributed by atoms with van der Waals surface area (Å²) in [5, 5.41) is 5.89. The number of hydrogen-bond donors (Lipinski definition) is 1. The van der Waals surface area contributed by atoms with Gasteiger partial charge in [-0.25, -0.2) is 9.78 Å². The maximum Gasteiger partial charge on any atom is 0.328 e. The number of aromatic nitrogens is 1. The molecule has 1 heterocycles. The van der Waals surface area contributed by atoms with Gasteiger partial charge in [0.2, 0.25) is 5.91 Å². The summed E-state index contributed by atoms with van der Waals surface area (Å²) in [5.41, 5.74) is 4.07. The monoisotopic (exact) mass is 535 g/mol. The van der Waals surface area contributed by atoms with E-state index < -0.39 is 6.04 Å². The van der Waals surface area contributed by atoms with Crippen LogP contribution in [0.25, 0.3) is 11.3 Å². The van der Waals surface area contributed by atoms with Crippen molar-refractivity contribution in [1.82, 2.24) is 9.88 Å². The molecule has 7 nitrogen and oxygen atoms in total. The molecule has 1 aromatic heterocycles. The number of aryl methyl sites for hydroxylation is 1. The highest BCUT2D eigenvalue weighted by Crippen LogP contribution is 2.27. The van der Waals surface area contributed by atoms with Crippen molar-refractivity contribution in [2.24, 2.45) is 5.92 Å². The first-order chi connectivity index (χ1) is 18.4. The Balaban J connectivity index is 1.29. The number of thiazole rings is 1. The fourth-order valence-electron chi connectivity index (χ4n) is 4.71. The number of carbonyl (C=O) groups excluding carboxylic acids is 2. The largest absolute Gasteiger partial charge is 0.492 e. The van der Waals surface area contributed by atoms with E-state index in [1.807, 2.05) is 48.8 Å². The molecular formula is C30H37N3O4S. The van der Waals surface area contributed by atoms with Crippen LogP contribution in [0.5, 0.6) is 5.75 Å². The molecule has 0 bridgehead atoms. The normalized spacial score (nSPS) is 14.5. The van der Waals surface area contributed by atoms with Gasteiger partial charge in [0, 0.05) is 30.3 Å². The van der Waals surface area contributed by atoms with Crippen LogP contribution in [0.4, 0.5) is 5.13 Å². The van der Waals surface area contributed by atoms with Crippen LogP contribution in [0, 0.1) is 12.8 Å². The van der Waals surface area contributed by atoms with Crippen molar-refractivity contribution in [3.63, 3.8) is 0 Å². The Morgan fingerprint density at radius 2 is 1.79 bits per heavy atom. The van der Waals surface area contributed by atoms with Gasteiger partial charge < -0.3 is 19.7 Å². The first kappa shape index (κ1) is 27.6. The molecule has 0 unspecified atom stereocenters. The smallest absolute Gasteiger partial charge is 0.328 e. The van der Waals surface area contributed by atoms with Crippen molar-refractivity contribution in [1.29, 1.82) is 0 Å². The van der Waals surface area contributed by atoms with Crippen LogP contribution in [0.2, 0.25) is 0 Å². The topological polar surface area (TPSA) is 80.8 Å². The molecule has 1 atom stereocenters. The molecule has 1 saturated carbocycles. The molecule has 0 saturated heterocycles. The summed E-state index contributed by atoms with van der Waals surface area (Å²) < 4.78 is 10.9. The van der Waals surface area contributed by atoms with Crippen molar-refractivity contribution in [2.75, 3.05) is 32.6 Å². The molecule has 38 heavy (non-hydrogen) atoms. The Morgan fingerprint density at radius 3 is 2.47 bits per heavy atom. The minimum Gasteiger partial charge on any atom is -0.492 e. The molecule has 1 aliphatic carbocycles. The second-order valence-electron chi connectivity index (χ2n) is 9.92. The van der Waals surface area contributed by atoms with Crippen LogP contribution < -0.4 is 10.1 Å². The molecule has 1 fully saturated rings. The van der Waals surface area contributed by atoms with E-state index in [2.05, 4.69) is 29.4 Å². The van der Waals surface area contributed by atoms with Gasteiger partial charge in [-0.3, -0.25) is 4.79 Å². The number of nitrogens with one attached hydrogen (secondary N) is 1. The first-order valence-corrected chi connectivity index (χ1v) is 14.1. The summed E-state index contributed by atoms with van der Waals surface area (Å²) in [4.78, 5) is 31.6. The van der Waals surface area contributed by atoms with Crippen LogP contribution in [0.1, 0.15) is 43.2 Å². The van der Waals surface area contributed by atoms with Crippen molar-refractivity contribution in [3.8, 4) is 17.0 Å². The van der Waals surface area contributed by atoms with Gasteiger partial charge in [-0.15, -0.1) is 11.3 Å². The number of amides is 1. The third-order valence-electron chi connectivity index (χ3n) is 7.02. The molecular weight excluding hydrogens is 498 g/mol. The van der Waals surface area contributed by atoms with Gasteiger partial charge >= 0.3 is 5.97 Å². The molecule has 1 amide bonds. The van der Waals surface area contributed by atoms with Gasteiger partial charge in [0.05, 0.1) is 19.3 Å². The standard InChI is InChI=1S/C30H37N3O4S/c1-21-9-13-23(14-10-21)27-20-38-30(32-27)31-26(29(35)36-3)19-22-11-15-25(16-12-22)37-18-17-33(2)28(34)24-7-5-4-6-8-24/h9-16,20,24,26H,4-8,17-19H2,1-3H3,(H,31,32)/t26-/m0/s1. The lowest BCUT2D eigenvalue weighted by Gasteiger charge is -2.26. The number of anilines is 1. The number of benzene rings is 2. The van der Waals surface area contributed by atoms with E-state index in [0.717, 1.165) is 48.3 Å². The Hall–Kier alpha value is -3.39. The van der Waals surface area contributed by atoms with Crippen LogP contribution in [-0.2, 0) is 20.7 Å². The zero-order valence-electron chi connectivity index (χ0n) is 22.4. The number of hydrogen-bond acceptors (Lipinski definition) is 7. The molecule has 202 valence electrons. The maximum atomic E-state index is 12.6. The predicted molar refractivity (Wildman–Crippen MR) is 152 cm³/mol. The first-order valence-electron chi connectivity index (χ1n) is 13.3. The van der Waals surface area contributed by atoms with Gasteiger partial charge in [0.1, 0.15) is 18.4 Å². The number of rotatable bonds is 11. The lowest BCUT2D eigenvalue weighted by molar-refractivity contribution is -0.141. The zero-order valence-corrected chi connectivity index (χ0v) is 23.3. The minimum absolute atomic E-state index is 0.169. The number of likely N-dealkylation sites (N-methyl/N-ethyl adjacent to an activating group) is 1. The van der Waals surface area contributed by atoms with Gasteiger partial charge in [-0.1, -0.05) is 61.2 Å². The quantitative estimate of drug-likeness (QED) is 0.316. The van der Waals surface area contributed by atoms with E-state index in [0.29, 0.717) is 24.7 Å². The lowest BCUT2D eigenvalue weighted by atomic mass is 9.88. The minimum atomic E-state index is -0.566. The Bertz CT molecular complexity index is 1190. The number of ether oxygens (including phenoxy) is 2. The van der Waals surface area contributed by atoms with Gasteiger partial charge in [0.15, 0.2) is 5.13 Å². The SMILES string of the molecule is COC(=O)[C@H](Cc1ccc(OCCN(C)C(=O)C2CCCCC2)cc1)Nc1nc(-c2ccc(C)cc2)cs1. The highest BCUT2D eigenvalue weighted by atomic mass is 32.1. The molecule has 0 spiro atoms. The average Bonchev–Trinajstić information content (AvgIpc) is 3.42. The second kappa shape index (κ2) is 13.4. The van der Waals surface area contributed by atoms with Crippen molar-refractivity contribution >= 4 is 28.3 Å². The number of methoxy groups -OCH3 is 1. The second-order valence-corrected chi connectivity index (χ2v) is 10.8. The summed E-state index contributed by atoms with van der Waals surface area (Å²) >= 11 is 1.46. The molecule has 8 heteroatoms. The van der Waals surface area contributed by atoms with Crippen molar-refractivity contribution in [2.45, 2.75) is 51.5 Å². The highest BCUT2D eigenvalue weighted by molar-refractivity contribution is 7.14. The molecule has 3 aromatic rings. The molecule has 0 aliphatic heterocycles. The van der Waals surface area contributed by atoms with Gasteiger partial charge in [0.25, 0.3) is 0 Å². The summed E-state index contributed by atoms with van der Waals surface area (Å²) in [6.45, 7) is 3.05. The number of esters is 1. The molecule has 0 radical (unpaired) electrons. The van der Waals surface area contributed by atoms with E-state index >= 15 is 0 Å². The summed E-state index contributed by atoms with van der Waals surface area (Å²) in [5.74, 6) is 0.791. The Morgan fingerprint density at radius 1 is 1.08 bits per heavy atom. The van der Waals surface area contributed by atoms with Crippen molar-refractivity contribution < 1.29 is 19.1 Å². The van der Waals surface area contributed by atoms with Crippen LogP contribution in [-0.4, -0.2) is 55.1 Å². The average molecular weight is 536 g/mol. The summed E-state index contributed by atoms with van der Waals surface area (Å²) in [6.07, 6.45) is 6.00. The van der Waals surface area contributed by atoms with E-state index in [9.17, 15) is 9.59 Å². The molecule has 2 aromatic carbocycles. The fraction of sp³-hybridized carbons (Fsp3) is 0.433. The van der Waals surface area contributed by atoms with Crippen LogP contribution >= 0.6 is 11.3 Å². The number of nitrogens with zero attached hydrogens (tertiary/aromatic N) is 2. The molecule has 1 aliphatic rings. The molecule has 1 N–H and O–H groups in total. The lowest BCUT2D eigenvalue weighted by Crippen LogP contribution is -2.36. The van der Waals surface area contributed by atoms with Gasteiger partial charge in [-0.2, -0.15) is 0 Å². The summed E-state index contributed by atoms with van der Waals surface area (Å²) in [6, 6.07) is 15.3. The van der Waals surface area contributed by atoms with Crippen molar-refractivity contribution in [3.05, 3.63) is 65.0 Å². The Kier molecular flexibility index (Phi) is 9.76. The third-order valence-corrected chi connectivity index (χ3v) is 7.80. The third kappa shape index (κ3) is 7.57. The molecule has 4 rings (SSSR count). The Labute approximate surface area is 229 Å². The maximum absolute atomic E-state index is 12.6. The zero-order chi connectivity index (χ0) is 26.9. The fourth-order valence-corrected chi connectivity index (χ4v) is 5.48. The van der Waals surface area contributed by atoms with Crippen LogP contribution in [0.3, 0.4) is 0 Å². The van der Waals surface area contributed by atoms with Gasteiger partial charge in [-0.05, 0) is 37.5 Å². The van der Waals surface area contributed by atoms with E-state index in [-0.39, 0.29) is 17.8 Å². The van der Waals surface area contributed by atoms with E-state index in [1.165, 1.54) is 30.4 Å². The van der Waals surface area contributed by atoms with E-state index in [1.54, 1.807) is 4.90 Å². The van der Waals surface area contributed by atoms with E-state index in [4.69, 9.17) is 9.47 Å². The predicted octanol–water partition coefficient (Wildman–Crippen LogP) is 5.73. The highest BCUT2D eigenvalue weighted by Gasteiger charge is 2.24. The van der Waals surface area contributed by atoms with Crippen LogP contribution in [0.15, 0.2) is 53.9 Å². The number of carbonyl (C=O) groups is 2.